The van der Waals surface area contributed by atoms with Gasteiger partial charge in [-0.3, -0.25) is 4.79 Å². The second-order valence-electron chi connectivity index (χ2n) is 6.43. The summed E-state index contributed by atoms with van der Waals surface area (Å²) < 4.78 is 5.55. The molecule has 130 valence electrons. The van der Waals surface area contributed by atoms with Gasteiger partial charge in [-0.15, -0.1) is 10.2 Å². The van der Waals surface area contributed by atoms with Crippen LogP contribution in [0.1, 0.15) is 55.4 Å². The number of carbonyl (C=O) groups is 1. The van der Waals surface area contributed by atoms with Gasteiger partial charge in [0, 0.05) is 19.7 Å². The van der Waals surface area contributed by atoms with Gasteiger partial charge in [0.2, 0.25) is 0 Å². The molecule has 0 bridgehead atoms. The highest BCUT2D eigenvalue weighted by Gasteiger charge is 2.15. The fourth-order valence-electron chi connectivity index (χ4n) is 3.13. The summed E-state index contributed by atoms with van der Waals surface area (Å²) >= 11 is 0. The van der Waals surface area contributed by atoms with E-state index < -0.39 is 0 Å². The summed E-state index contributed by atoms with van der Waals surface area (Å²) in [5.41, 5.74) is 1.82. The third-order valence-electron chi connectivity index (χ3n) is 4.55. The number of hydrogen-bond acceptors (Lipinski definition) is 5. The minimum atomic E-state index is -0.162. The zero-order valence-corrected chi connectivity index (χ0v) is 14.1. The maximum absolute atomic E-state index is 12.1. The molecule has 0 aromatic carbocycles. The van der Waals surface area contributed by atoms with E-state index in [0.717, 1.165) is 32.4 Å². The SMILES string of the molecule is O=C(NCCC1=CCCCC1)c1ccc(NCC2CCCO2)nn1. The van der Waals surface area contributed by atoms with Crippen molar-refractivity contribution in [3.05, 3.63) is 29.5 Å². The molecule has 2 aliphatic rings. The summed E-state index contributed by atoms with van der Waals surface area (Å²) in [6.45, 7) is 2.23. The number of hydrogen-bond donors (Lipinski definition) is 2. The number of anilines is 1. The molecule has 1 aliphatic heterocycles. The normalized spacial score (nSPS) is 20.5. The molecule has 0 radical (unpaired) electrons. The smallest absolute Gasteiger partial charge is 0.271 e. The average molecular weight is 330 g/mol. The molecule has 2 N–H and O–H groups in total. The molecule has 1 saturated heterocycles. The topological polar surface area (TPSA) is 76.1 Å². The Hall–Kier alpha value is -1.95. The first-order valence-electron chi connectivity index (χ1n) is 8.96. The molecule has 24 heavy (non-hydrogen) atoms. The molecule has 1 aromatic rings. The van der Waals surface area contributed by atoms with Crippen LogP contribution in [0.2, 0.25) is 0 Å². The van der Waals surface area contributed by atoms with Crippen LogP contribution in [0.3, 0.4) is 0 Å². The van der Waals surface area contributed by atoms with Crippen molar-refractivity contribution in [2.45, 2.75) is 51.0 Å². The third-order valence-corrected chi connectivity index (χ3v) is 4.55. The predicted octanol–water partition coefficient (Wildman–Crippen LogP) is 2.69. The number of rotatable bonds is 7. The van der Waals surface area contributed by atoms with E-state index in [1.807, 2.05) is 0 Å². The number of ether oxygens (including phenoxy) is 1. The quantitative estimate of drug-likeness (QED) is 0.752. The monoisotopic (exact) mass is 330 g/mol. The lowest BCUT2D eigenvalue weighted by Crippen LogP contribution is -2.26. The number of carbonyl (C=O) groups excluding carboxylic acids is 1. The molecular formula is C18H26N4O2. The van der Waals surface area contributed by atoms with Gasteiger partial charge in [-0.2, -0.15) is 0 Å². The van der Waals surface area contributed by atoms with Gasteiger partial charge >= 0.3 is 0 Å². The fourth-order valence-corrected chi connectivity index (χ4v) is 3.13. The van der Waals surface area contributed by atoms with Crippen molar-refractivity contribution in [2.75, 3.05) is 25.0 Å². The Labute approximate surface area is 143 Å². The average Bonchev–Trinajstić information content (AvgIpc) is 3.15. The largest absolute Gasteiger partial charge is 0.376 e. The predicted molar refractivity (Wildman–Crippen MR) is 93.0 cm³/mol. The molecule has 3 rings (SSSR count). The van der Waals surface area contributed by atoms with Crippen LogP contribution in [-0.4, -0.2) is 41.9 Å². The van der Waals surface area contributed by atoms with Crippen molar-refractivity contribution >= 4 is 11.7 Å². The third kappa shape index (κ3) is 5.03. The van der Waals surface area contributed by atoms with Crippen LogP contribution in [0.25, 0.3) is 0 Å². The number of nitrogens with one attached hydrogen (secondary N) is 2. The number of nitrogens with zero attached hydrogens (tertiary/aromatic N) is 2. The maximum atomic E-state index is 12.1. The molecule has 0 saturated carbocycles. The van der Waals surface area contributed by atoms with Gasteiger partial charge in [0.05, 0.1) is 6.10 Å². The van der Waals surface area contributed by atoms with E-state index in [9.17, 15) is 4.79 Å². The lowest BCUT2D eigenvalue weighted by atomic mass is 9.97. The minimum Gasteiger partial charge on any atom is -0.376 e. The molecule has 1 fully saturated rings. The maximum Gasteiger partial charge on any atom is 0.271 e. The van der Waals surface area contributed by atoms with Gasteiger partial charge in [-0.05, 0) is 57.1 Å². The summed E-state index contributed by atoms with van der Waals surface area (Å²) in [6.07, 6.45) is 10.6. The van der Waals surface area contributed by atoms with E-state index in [1.165, 1.54) is 31.3 Å². The zero-order valence-electron chi connectivity index (χ0n) is 14.1. The highest BCUT2D eigenvalue weighted by Crippen LogP contribution is 2.19. The fraction of sp³-hybridized carbons (Fsp3) is 0.611. The molecule has 1 unspecified atom stereocenters. The molecule has 2 heterocycles. The molecule has 1 amide bonds. The van der Waals surface area contributed by atoms with Gasteiger partial charge in [0.25, 0.3) is 5.91 Å². The highest BCUT2D eigenvalue weighted by molar-refractivity contribution is 5.92. The zero-order chi connectivity index (χ0) is 16.6. The molecular weight excluding hydrogens is 304 g/mol. The number of allylic oxidation sites excluding steroid dienone is 1. The molecule has 1 aromatic heterocycles. The first kappa shape index (κ1) is 16.9. The van der Waals surface area contributed by atoms with Gasteiger partial charge in [-0.1, -0.05) is 11.6 Å². The van der Waals surface area contributed by atoms with E-state index >= 15 is 0 Å². The Balaban J connectivity index is 1.40. The first-order valence-corrected chi connectivity index (χ1v) is 8.96. The van der Waals surface area contributed by atoms with E-state index in [4.69, 9.17) is 4.74 Å². The van der Waals surface area contributed by atoms with Crippen LogP contribution in [-0.2, 0) is 4.74 Å². The molecule has 6 heteroatoms. The first-order chi connectivity index (χ1) is 11.8. The number of amides is 1. The summed E-state index contributed by atoms with van der Waals surface area (Å²) in [4.78, 5) is 12.1. The van der Waals surface area contributed by atoms with Crippen LogP contribution < -0.4 is 10.6 Å². The van der Waals surface area contributed by atoms with Crippen molar-refractivity contribution in [2.24, 2.45) is 0 Å². The summed E-state index contributed by atoms with van der Waals surface area (Å²) in [5, 5.41) is 14.2. The Morgan fingerprint density at radius 3 is 2.92 bits per heavy atom. The van der Waals surface area contributed by atoms with Crippen molar-refractivity contribution in [3.63, 3.8) is 0 Å². The van der Waals surface area contributed by atoms with Gasteiger partial charge in [0.15, 0.2) is 5.69 Å². The van der Waals surface area contributed by atoms with Crippen molar-refractivity contribution in [1.82, 2.24) is 15.5 Å². The van der Waals surface area contributed by atoms with Gasteiger partial charge in [0.1, 0.15) is 5.82 Å². The van der Waals surface area contributed by atoms with Crippen molar-refractivity contribution < 1.29 is 9.53 Å². The summed E-state index contributed by atoms with van der Waals surface area (Å²) in [7, 11) is 0. The molecule has 1 aliphatic carbocycles. The lowest BCUT2D eigenvalue weighted by Gasteiger charge is -2.13. The Bertz CT molecular complexity index is 565. The summed E-state index contributed by atoms with van der Waals surface area (Å²) in [6, 6.07) is 3.50. The van der Waals surface area contributed by atoms with E-state index in [0.29, 0.717) is 18.1 Å². The minimum absolute atomic E-state index is 0.162. The van der Waals surface area contributed by atoms with Crippen molar-refractivity contribution in [1.29, 1.82) is 0 Å². The molecule has 6 nitrogen and oxygen atoms in total. The van der Waals surface area contributed by atoms with Crippen LogP contribution in [0.4, 0.5) is 5.82 Å². The van der Waals surface area contributed by atoms with Gasteiger partial charge in [-0.25, -0.2) is 0 Å². The van der Waals surface area contributed by atoms with Crippen LogP contribution in [0, 0.1) is 0 Å². The second-order valence-corrected chi connectivity index (χ2v) is 6.43. The summed E-state index contributed by atoms with van der Waals surface area (Å²) in [5.74, 6) is 0.513. The Morgan fingerprint density at radius 1 is 1.25 bits per heavy atom. The number of aromatic nitrogens is 2. The highest BCUT2D eigenvalue weighted by atomic mass is 16.5. The van der Waals surface area contributed by atoms with E-state index in [-0.39, 0.29) is 12.0 Å². The van der Waals surface area contributed by atoms with Crippen molar-refractivity contribution in [3.8, 4) is 0 Å². The van der Waals surface area contributed by atoms with Crippen LogP contribution in [0.5, 0.6) is 0 Å². The van der Waals surface area contributed by atoms with Gasteiger partial charge < -0.3 is 15.4 Å². The van der Waals surface area contributed by atoms with E-state index in [1.54, 1.807) is 12.1 Å². The van der Waals surface area contributed by atoms with Crippen LogP contribution in [0.15, 0.2) is 23.8 Å². The Morgan fingerprint density at radius 2 is 2.21 bits per heavy atom. The Kier molecular flexibility index (Phi) is 6.18. The second kappa shape index (κ2) is 8.78. The molecule has 0 spiro atoms. The standard InChI is InChI=1S/C18H26N4O2/c23-18(19-11-10-14-5-2-1-3-6-14)16-8-9-17(22-21-16)20-13-15-7-4-12-24-15/h5,8-9,15H,1-4,6-7,10-13H2,(H,19,23)(H,20,22). The lowest BCUT2D eigenvalue weighted by molar-refractivity contribution is 0.0948. The van der Waals surface area contributed by atoms with Crippen LogP contribution >= 0.6 is 0 Å². The van der Waals surface area contributed by atoms with E-state index in [2.05, 4.69) is 26.9 Å². The molecule has 1 atom stereocenters.